The molecule has 39 heavy (non-hydrogen) atoms. The first-order valence-electron chi connectivity index (χ1n) is 14.5. The monoisotopic (exact) mass is 623 g/mol. The Morgan fingerprint density at radius 3 is 0.949 bits per heavy atom. The predicted octanol–water partition coefficient (Wildman–Crippen LogP) is 4.93. The average molecular weight is 624 g/mol. The number of aliphatic hydroxyl groups excluding tert-OH is 2. The van der Waals surface area contributed by atoms with Gasteiger partial charge in [-0.05, 0) is 95.4 Å². The number of halogens is 1. The number of aliphatic hydroxyl groups is 2. The van der Waals surface area contributed by atoms with Crippen molar-refractivity contribution in [3.63, 3.8) is 0 Å². The highest BCUT2D eigenvalue weighted by atomic mass is 35.6. The summed E-state index contributed by atoms with van der Waals surface area (Å²) in [5.41, 5.74) is 0. The summed E-state index contributed by atoms with van der Waals surface area (Å²) < 4.78 is 10.5. The Balaban J connectivity index is -0.0000000855. The SMILES string of the molecule is CCN(CC)CC.CCOCC.CN(C)CCO.CN(C)CCO.CN(C)CCO[Si](C)(C)C.C[Si](C)(C)Cl. The molecule has 246 valence electrons. The first-order chi connectivity index (χ1) is 17.7. The van der Waals surface area contributed by atoms with E-state index in [1.54, 1.807) is 0 Å². The fourth-order valence-electron chi connectivity index (χ4n) is 1.81. The largest absolute Gasteiger partial charge is 0.416 e. The van der Waals surface area contributed by atoms with Crippen molar-refractivity contribution in [1.29, 1.82) is 0 Å². The Kier molecular flexibility index (Phi) is 51.3. The lowest BCUT2D eigenvalue weighted by Gasteiger charge is -2.18. The molecule has 0 aromatic heterocycles. The fourth-order valence-corrected chi connectivity index (χ4v) is 2.51. The van der Waals surface area contributed by atoms with Gasteiger partial charge in [-0.2, -0.15) is 11.1 Å². The van der Waals surface area contributed by atoms with E-state index in [-0.39, 0.29) is 13.2 Å². The second kappa shape index (κ2) is 38.4. The lowest BCUT2D eigenvalue weighted by Crippen LogP contribution is -2.29. The highest BCUT2D eigenvalue weighted by molar-refractivity contribution is 7.18. The van der Waals surface area contributed by atoms with Gasteiger partial charge in [0, 0.05) is 39.5 Å². The van der Waals surface area contributed by atoms with E-state index < -0.39 is 15.7 Å². The first kappa shape index (κ1) is 52.1. The summed E-state index contributed by atoms with van der Waals surface area (Å²) in [6.07, 6.45) is 0. The summed E-state index contributed by atoms with van der Waals surface area (Å²) in [6.45, 7) is 32.7. The van der Waals surface area contributed by atoms with Crippen LogP contribution in [0.3, 0.4) is 0 Å². The molecule has 0 spiro atoms. The first-order valence-corrected chi connectivity index (χ1v) is 22.4. The molecule has 0 aromatic rings. The third kappa shape index (κ3) is 111. The summed E-state index contributed by atoms with van der Waals surface area (Å²) in [6, 6.07) is 0. The van der Waals surface area contributed by atoms with Gasteiger partial charge in [0.2, 0.25) is 0 Å². The van der Waals surface area contributed by atoms with E-state index in [1.165, 1.54) is 19.6 Å². The highest BCUT2D eigenvalue weighted by Crippen LogP contribution is 2.03. The van der Waals surface area contributed by atoms with Crippen LogP contribution in [-0.2, 0) is 9.16 Å². The van der Waals surface area contributed by atoms with Crippen molar-refractivity contribution >= 4 is 26.8 Å². The minimum Gasteiger partial charge on any atom is -0.416 e. The highest BCUT2D eigenvalue weighted by Gasteiger charge is 2.13. The quantitative estimate of drug-likeness (QED) is 0.221. The smallest absolute Gasteiger partial charge is 0.183 e. The Bertz CT molecular complexity index is 386. The Morgan fingerprint density at radius 1 is 0.590 bits per heavy atom. The van der Waals surface area contributed by atoms with Gasteiger partial charge in [-0.1, -0.05) is 40.4 Å². The van der Waals surface area contributed by atoms with Gasteiger partial charge in [-0.3, -0.25) is 0 Å². The molecule has 2 N–H and O–H groups in total. The standard InChI is InChI=1S/C7H19NOSi.C6H15N.2C4H11NO.C4H10O.C3H9ClSi/c1-8(2)6-7-9-10(3,4)5;1-4-7(5-2)6-3;2*1-5(2)3-4-6;1-3-5-4-2;1-5(2,3)4/h6-7H2,1-5H3;4-6H2,1-3H3;2*6H,3-4H2,1-2H3;3-4H2,1-2H3;1-3H3. The van der Waals surface area contributed by atoms with Gasteiger partial charge < -0.3 is 39.0 Å². The van der Waals surface area contributed by atoms with Gasteiger partial charge in [-0.25, -0.2) is 0 Å². The van der Waals surface area contributed by atoms with Crippen LogP contribution in [0.5, 0.6) is 0 Å². The number of likely N-dealkylation sites (N-methyl/N-ethyl adjacent to an activating group) is 3. The van der Waals surface area contributed by atoms with Crippen LogP contribution < -0.4 is 0 Å². The second-order valence-electron chi connectivity index (χ2n) is 11.3. The normalized spacial score (nSPS) is 10.8. The molecular weight excluding hydrogens is 548 g/mol. The number of hydrogen-bond donors (Lipinski definition) is 2. The molecule has 0 aromatic carbocycles. The number of hydrogen-bond acceptors (Lipinski definition) is 8. The van der Waals surface area contributed by atoms with Gasteiger partial charge in [0.15, 0.2) is 8.32 Å². The summed E-state index contributed by atoms with van der Waals surface area (Å²) >= 11 is 5.67. The van der Waals surface area contributed by atoms with Crippen molar-refractivity contribution in [2.75, 3.05) is 115 Å². The molecule has 0 amide bonds. The molecule has 0 radical (unpaired) electrons. The summed E-state index contributed by atoms with van der Waals surface area (Å²) in [7, 11) is 9.44. The third-order valence-corrected chi connectivity index (χ3v) is 4.99. The molecule has 0 atom stereocenters. The van der Waals surface area contributed by atoms with Crippen LogP contribution in [0.25, 0.3) is 0 Å². The summed E-state index contributed by atoms with van der Waals surface area (Å²) in [4.78, 5) is 8.38. The van der Waals surface area contributed by atoms with Crippen molar-refractivity contribution in [1.82, 2.24) is 19.6 Å². The minimum absolute atomic E-state index is 0.257. The van der Waals surface area contributed by atoms with E-state index in [4.69, 9.17) is 30.5 Å². The second-order valence-corrected chi connectivity index (χ2v) is 23.3. The molecule has 0 unspecified atom stereocenters. The van der Waals surface area contributed by atoms with Gasteiger partial charge in [0.25, 0.3) is 0 Å². The Labute approximate surface area is 253 Å². The zero-order valence-corrected chi connectivity index (χ0v) is 32.4. The van der Waals surface area contributed by atoms with Crippen LogP contribution in [0, 0.1) is 0 Å². The molecule has 0 aliphatic carbocycles. The van der Waals surface area contributed by atoms with Crippen molar-refractivity contribution in [2.45, 2.75) is 73.9 Å². The van der Waals surface area contributed by atoms with Crippen LogP contribution in [0.1, 0.15) is 34.6 Å². The van der Waals surface area contributed by atoms with E-state index in [9.17, 15) is 0 Å². The zero-order chi connectivity index (χ0) is 32.5. The maximum atomic E-state index is 8.20. The van der Waals surface area contributed by atoms with Crippen LogP contribution in [0.15, 0.2) is 0 Å². The number of nitrogens with zero attached hydrogens (tertiary/aromatic N) is 4. The van der Waals surface area contributed by atoms with Gasteiger partial charge >= 0.3 is 0 Å². The molecule has 0 aliphatic rings. The number of rotatable bonds is 13. The van der Waals surface area contributed by atoms with E-state index >= 15 is 0 Å². The Hall–Kier alpha value is 0.404. The van der Waals surface area contributed by atoms with Crippen LogP contribution >= 0.6 is 11.1 Å². The average Bonchev–Trinajstić information content (AvgIpc) is 2.75. The van der Waals surface area contributed by atoms with E-state index in [1.807, 2.05) is 51.8 Å². The lowest BCUT2D eigenvalue weighted by atomic mass is 10.5. The molecular formula is C28H75ClN4O4Si2. The molecule has 0 rings (SSSR count). The van der Waals surface area contributed by atoms with Gasteiger partial charge in [0.1, 0.15) is 7.38 Å². The van der Waals surface area contributed by atoms with Crippen molar-refractivity contribution < 1.29 is 19.4 Å². The summed E-state index contributed by atoms with van der Waals surface area (Å²) in [5, 5.41) is 16.4. The van der Waals surface area contributed by atoms with Crippen LogP contribution in [0.4, 0.5) is 0 Å². The predicted molar refractivity (Wildman–Crippen MR) is 184 cm³/mol. The maximum absolute atomic E-state index is 8.20. The van der Waals surface area contributed by atoms with E-state index in [0.717, 1.165) is 39.5 Å². The van der Waals surface area contributed by atoms with Crippen LogP contribution in [-0.4, -0.2) is 160 Å². The molecule has 0 heterocycles. The Morgan fingerprint density at radius 2 is 0.872 bits per heavy atom. The fraction of sp³-hybridized carbons (Fsp3) is 1.00. The van der Waals surface area contributed by atoms with Gasteiger partial charge in [-0.15, -0.1) is 0 Å². The molecule has 0 fully saturated rings. The molecule has 0 bridgehead atoms. The van der Waals surface area contributed by atoms with Gasteiger partial charge in [0.05, 0.1) is 13.2 Å². The third-order valence-electron chi connectivity index (χ3n) is 3.92. The molecule has 0 aliphatic heterocycles. The maximum Gasteiger partial charge on any atom is 0.183 e. The summed E-state index contributed by atoms with van der Waals surface area (Å²) in [5.74, 6) is 0. The molecule has 8 nitrogen and oxygen atoms in total. The molecule has 0 saturated heterocycles. The zero-order valence-electron chi connectivity index (χ0n) is 29.7. The minimum atomic E-state index is -1.25. The molecule has 11 heteroatoms. The van der Waals surface area contributed by atoms with E-state index in [2.05, 4.69) is 83.9 Å². The van der Waals surface area contributed by atoms with Crippen molar-refractivity contribution in [2.24, 2.45) is 0 Å². The number of ether oxygens (including phenoxy) is 1. The van der Waals surface area contributed by atoms with Crippen LogP contribution in [0.2, 0.25) is 39.3 Å². The van der Waals surface area contributed by atoms with Crippen molar-refractivity contribution in [3.05, 3.63) is 0 Å². The van der Waals surface area contributed by atoms with Crippen molar-refractivity contribution in [3.8, 4) is 0 Å². The molecule has 0 saturated carbocycles. The topological polar surface area (TPSA) is 71.9 Å². The lowest BCUT2D eigenvalue weighted by molar-refractivity contribution is 0.162. The van der Waals surface area contributed by atoms with E-state index in [0.29, 0.717) is 0 Å².